The van der Waals surface area contributed by atoms with Gasteiger partial charge in [-0.1, -0.05) is 66.2 Å². The van der Waals surface area contributed by atoms with E-state index in [0.717, 1.165) is 27.6 Å². The maximum atomic E-state index is 12.4. The van der Waals surface area contributed by atoms with Crippen molar-refractivity contribution < 1.29 is 9.90 Å². The van der Waals surface area contributed by atoms with Crippen LogP contribution in [0.15, 0.2) is 66.7 Å². The van der Waals surface area contributed by atoms with Crippen LogP contribution in [0.25, 0.3) is 10.9 Å². The molecule has 0 unspecified atom stereocenters. The van der Waals surface area contributed by atoms with Crippen molar-refractivity contribution in [1.29, 1.82) is 0 Å². The van der Waals surface area contributed by atoms with Gasteiger partial charge in [-0.15, -0.1) is 0 Å². The summed E-state index contributed by atoms with van der Waals surface area (Å²) in [6.45, 7) is 7.91. The Hall–Kier alpha value is -3.37. The number of carboxylic acids is 1. The number of nitrogens with one attached hydrogen (secondary N) is 1. The molecule has 0 amide bonds. The molecule has 3 aromatic carbocycles. The number of aryl methyl sites for hydroxylation is 3. The Kier molecular flexibility index (Phi) is 5.92. The highest BCUT2D eigenvalue weighted by Crippen LogP contribution is 2.29. The molecule has 0 aliphatic rings. The van der Waals surface area contributed by atoms with Crippen molar-refractivity contribution in [2.45, 2.75) is 40.4 Å². The van der Waals surface area contributed by atoms with Crippen LogP contribution in [0, 0.1) is 20.8 Å². The number of hydrogen-bond donors (Lipinski definition) is 2. The number of rotatable bonds is 7. The predicted octanol–water partition coefficient (Wildman–Crippen LogP) is 5.60. The summed E-state index contributed by atoms with van der Waals surface area (Å²) in [4.78, 5) is 12.4. The van der Waals surface area contributed by atoms with Gasteiger partial charge in [0.1, 0.15) is 5.69 Å². The fraction of sp³-hybridized carbons (Fsp3) is 0.222. The fourth-order valence-electron chi connectivity index (χ4n) is 4.13. The Morgan fingerprint density at radius 2 is 1.61 bits per heavy atom. The smallest absolute Gasteiger partial charge is 0.352 e. The van der Waals surface area contributed by atoms with E-state index in [1.165, 1.54) is 16.7 Å². The van der Waals surface area contributed by atoms with Gasteiger partial charge < -0.3 is 15.0 Å². The summed E-state index contributed by atoms with van der Waals surface area (Å²) in [6.07, 6.45) is 0. The van der Waals surface area contributed by atoms with E-state index in [1.54, 1.807) is 0 Å². The second-order valence-electron chi connectivity index (χ2n) is 8.25. The zero-order valence-electron chi connectivity index (χ0n) is 18.3. The predicted molar refractivity (Wildman–Crippen MR) is 126 cm³/mol. The molecule has 0 radical (unpaired) electrons. The van der Waals surface area contributed by atoms with Crippen molar-refractivity contribution >= 4 is 16.9 Å². The van der Waals surface area contributed by atoms with E-state index < -0.39 is 5.97 Å². The first kappa shape index (κ1) is 20.9. The van der Waals surface area contributed by atoms with Gasteiger partial charge >= 0.3 is 5.97 Å². The molecule has 0 saturated carbocycles. The van der Waals surface area contributed by atoms with Crippen molar-refractivity contribution in [3.63, 3.8) is 0 Å². The number of fused-ring (bicyclic) bond motifs is 1. The van der Waals surface area contributed by atoms with Gasteiger partial charge in [-0.3, -0.25) is 0 Å². The lowest BCUT2D eigenvalue weighted by Gasteiger charge is -2.11. The standard InChI is InChI=1S/C27H28N2O2/c1-18-8-11-21(12-9-18)17-29-25-14-19(2)10-13-23(25)24(26(29)27(30)31)16-28-15-22-7-5-4-6-20(22)3/h4-14,28H,15-17H2,1-3H3,(H,30,31). The molecule has 31 heavy (non-hydrogen) atoms. The summed E-state index contributed by atoms with van der Waals surface area (Å²) < 4.78 is 1.94. The summed E-state index contributed by atoms with van der Waals surface area (Å²) in [5.74, 6) is -0.895. The largest absolute Gasteiger partial charge is 0.477 e. The van der Waals surface area contributed by atoms with E-state index in [1.807, 2.05) is 29.7 Å². The van der Waals surface area contributed by atoms with Crippen LogP contribution < -0.4 is 5.32 Å². The Morgan fingerprint density at radius 1 is 0.903 bits per heavy atom. The van der Waals surface area contributed by atoms with Crippen LogP contribution in [-0.2, 0) is 19.6 Å². The summed E-state index contributed by atoms with van der Waals surface area (Å²) in [5, 5.41) is 14.6. The van der Waals surface area contributed by atoms with Gasteiger partial charge in [0.25, 0.3) is 0 Å². The van der Waals surface area contributed by atoms with E-state index in [2.05, 4.69) is 67.7 Å². The third kappa shape index (κ3) is 4.39. The molecule has 2 N–H and O–H groups in total. The average molecular weight is 413 g/mol. The molecule has 4 aromatic rings. The summed E-state index contributed by atoms with van der Waals surface area (Å²) >= 11 is 0. The van der Waals surface area contributed by atoms with Crippen LogP contribution in [-0.4, -0.2) is 15.6 Å². The average Bonchev–Trinajstić information content (AvgIpc) is 3.04. The van der Waals surface area contributed by atoms with Crippen LogP contribution in [0.2, 0.25) is 0 Å². The minimum atomic E-state index is -0.895. The molecule has 4 rings (SSSR count). The van der Waals surface area contributed by atoms with E-state index in [9.17, 15) is 9.90 Å². The minimum absolute atomic E-state index is 0.360. The molecule has 1 aromatic heterocycles. The van der Waals surface area contributed by atoms with Crippen molar-refractivity contribution in [2.24, 2.45) is 0 Å². The third-order valence-electron chi connectivity index (χ3n) is 5.87. The number of nitrogens with zero attached hydrogens (tertiary/aromatic N) is 1. The summed E-state index contributed by atoms with van der Waals surface area (Å²) in [6, 6.07) is 22.7. The van der Waals surface area contributed by atoms with Crippen LogP contribution in [0.4, 0.5) is 0 Å². The number of carbonyl (C=O) groups is 1. The molecule has 0 spiro atoms. The van der Waals surface area contributed by atoms with E-state index in [0.29, 0.717) is 25.3 Å². The zero-order valence-corrected chi connectivity index (χ0v) is 18.3. The van der Waals surface area contributed by atoms with E-state index >= 15 is 0 Å². The molecule has 0 aliphatic heterocycles. The first-order chi connectivity index (χ1) is 14.9. The Labute approximate surface area is 183 Å². The third-order valence-corrected chi connectivity index (χ3v) is 5.87. The quantitative estimate of drug-likeness (QED) is 0.415. The molecule has 4 heteroatoms. The summed E-state index contributed by atoms with van der Waals surface area (Å²) in [5.41, 5.74) is 8.01. The van der Waals surface area contributed by atoms with Crippen LogP contribution in [0.3, 0.4) is 0 Å². The Morgan fingerprint density at radius 3 is 2.32 bits per heavy atom. The maximum absolute atomic E-state index is 12.4. The minimum Gasteiger partial charge on any atom is -0.477 e. The van der Waals surface area contributed by atoms with Gasteiger partial charge in [0.15, 0.2) is 0 Å². The van der Waals surface area contributed by atoms with Crippen molar-refractivity contribution in [3.8, 4) is 0 Å². The second kappa shape index (κ2) is 8.78. The maximum Gasteiger partial charge on any atom is 0.352 e. The Balaban J connectivity index is 1.73. The monoisotopic (exact) mass is 412 g/mol. The van der Waals surface area contributed by atoms with Crippen molar-refractivity contribution in [2.75, 3.05) is 0 Å². The fourth-order valence-corrected chi connectivity index (χ4v) is 4.13. The van der Waals surface area contributed by atoms with Crippen LogP contribution in [0.5, 0.6) is 0 Å². The molecule has 0 bridgehead atoms. The summed E-state index contributed by atoms with van der Waals surface area (Å²) in [7, 11) is 0. The number of carboxylic acid groups (broad SMARTS) is 1. The van der Waals surface area contributed by atoms with Crippen molar-refractivity contribution in [3.05, 3.63) is 106 Å². The molecule has 0 atom stereocenters. The lowest BCUT2D eigenvalue weighted by atomic mass is 10.1. The van der Waals surface area contributed by atoms with Gasteiger partial charge in [-0.05, 0) is 49.1 Å². The molecular formula is C27H28N2O2. The lowest BCUT2D eigenvalue weighted by molar-refractivity contribution is 0.0684. The van der Waals surface area contributed by atoms with Gasteiger partial charge in [-0.2, -0.15) is 0 Å². The lowest BCUT2D eigenvalue weighted by Crippen LogP contribution is -2.17. The molecule has 0 fully saturated rings. The van der Waals surface area contributed by atoms with Gasteiger partial charge in [0, 0.05) is 36.1 Å². The SMILES string of the molecule is Cc1ccc(Cn2c(C(=O)O)c(CNCc3ccccc3C)c3ccc(C)cc32)cc1. The highest BCUT2D eigenvalue weighted by Gasteiger charge is 2.22. The molecule has 158 valence electrons. The van der Waals surface area contributed by atoms with Crippen molar-refractivity contribution in [1.82, 2.24) is 9.88 Å². The molecule has 4 nitrogen and oxygen atoms in total. The molecule has 0 aliphatic carbocycles. The molecule has 0 saturated heterocycles. The number of aromatic carboxylic acids is 1. The number of aromatic nitrogens is 1. The molecule has 1 heterocycles. The topological polar surface area (TPSA) is 54.3 Å². The normalized spacial score (nSPS) is 11.2. The highest BCUT2D eigenvalue weighted by molar-refractivity contribution is 5.98. The zero-order chi connectivity index (χ0) is 22.0. The molecular weight excluding hydrogens is 384 g/mol. The van der Waals surface area contributed by atoms with Gasteiger partial charge in [0.05, 0.1) is 0 Å². The number of hydrogen-bond acceptors (Lipinski definition) is 2. The van der Waals surface area contributed by atoms with Gasteiger partial charge in [0.2, 0.25) is 0 Å². The van der Waals surface area contributed by atoms with Crippen LogP contribution in [0.1, 0.15) is 43.9 Å². The first-order valence-electron chi connectivity index (χ1n) is 10.6. The number of benzene rings is 3. The van der Waals surface area contributed by atoms with E-state index in [4.69, 9.17) is 0 Å². The Bertz CT molecular complexity index is 1240. The van der Waals surface area contributed by atoms with Gasteiger partial charge in [-0.25, -0.2) is 4.79 Å². The van der Waals surface area contributed by atoms with Crippen LogP contribution >= 0.6 is 0 Å². The highest BCUT2D eigenvalue weighted by atomic mass is 16.4. The first-order valence-corrected chi connectivity index (χ1v) is 10.6. The second-order valence-corrected chi connectivity index (χ2v) is 8.25. The van der Waals surface area contributed by atoms with E-state index in [-0.39, 0.29) is 0 Å².